The molecule has 0 bridgehead atoms. The first-order chi connectivity index (χ1) is 11.2. The second-order valence-corrected chi connectivity index (χ2v) is 5.85. The maximum Gasteiger partial charge on any atom is 0.191 e. The van der Waals surface area contributed by atoms with Crippen molar-refractivity contribution in [2.24, 2.45) is 4.99 Å². The number of unbranched alkanes of at least 4 members (excludes halogenated alkanes) is 1. The lowest BCUT2D eigenvalue weighted by molar-refractivity contribution is 0.297. The van der Waals surface area contributed by atoms with Gasteiger partial charge in [-0.1, -0.05) is 43.6 Å². The summed E-state index contributed by atoms with van der Waals surface area (Å²) < 4.78 is 0. The van der Waals surface area contributed by atoms with E-state index in [1.165, 1.54) is 13.0 Å². The maximum absolute atomic E-state index is 6.17. The number of nitrogens with one attached hydrogen (secondary N) is 2. The minimum Gasteiger partial charge on any atom is -0.357 e. The van der Waals surface area contributed by atoms with Crippen molar-refractivity contribution in [2.75, 3.05) is 32.7 Å². The van der Waals surface area contributed by atoms with Gasteiger partial charge in [0.1, 0.15) is 0 Å². The van der Waals surface area contributed by atoms with E-state index in [0.29, 0.717) is 6.54 Å². The van der Waals surface area contributed by atoms with E-state index < -0.39 is 0 Å². The van der Waals surface area contributed by atoms with E-state index in [1.807, 2.05) is 24.3 Å². The van der Waals surface area contributed by atoms with Crippen LogP contribution >= 0.6 is 11.6 Å². The summed E-state index contributed by atoms with van der Waals surface area (Å²) in [6, 6.07) is 7.85. The molecule has 0 unspecified atom stereocenters. The molecule has 1 aromatic carbocycles. The Balaban J connectivity index is 2.37. The van der Waals surface area contributed by atoms with Crippen LogP contribution in [0.25, 0.3) is 0 Å². The zero-order valence-corrected chi connectivity index (χ0v) is 15.5. The van der Waals surface area contributed by atoms with Gasteiger partial charge in [-0.15, -0.1) is 0 Å². The lowest BCUT2D eigenvalue weighted by Gasteiger charge is -2.18. The molecular formula is C18H31ClN4. The average molecular weight is 339 g/mol. The van der Waals surface area contributed by atoms with Crippen LogP contribution in [0, 0.1) is 0 Å². The van der Waals surface area contributed by atoms with Crippen LogP contribution in [0.15, 0.2) is 29.3 Å². The van der Waals surface area contributed by atoms with E-state index in [2.05, 4.69) is 41.3 Å². The van der Waals surface area contributed by atoms with Gasteiger partial charge in [-0.05, 0) is 51.0 Å². The number of benzene rings is 1. The number of guanidine groups is 1. The SMILES string of the molecule is CCNC(=NCc1ccccc1Cl)NCCCCN(CC)CC. The van der Waals surface area contributed by atoms with E-state index in [4.69, 9.17) is 11.6 Å². The fraction of sp³-hybridized carbons (Fsp3) is 0.611. The molecule has 0 amide bonds. The van der Waals surface area contributed by atoms with Gasteiger partial charge in [-0.3, -0.25) is 0 Å². The molecule has 0 saturated carbocycles. The van der Waals surface area contributed by atoms with Gasteiger partial charge in [0.05, 0.1) is 6.54 Å². The molecule has 0 aromatic heterocycles. The Morgan fingerprint density at radius 3 is 2.48 bits per heavy atom. The van der Waals surface area contributed by atoms with Crippen LogP contribution in [-0.2, 0) is 6.54 Å². The summed E-state index contributed by atoms with van der Waals surface area (Å²) in [6.07, 6.45) is 2.35. The van der Waals surface area contributed by atoms with E-state index in [-0.39, 0.29) is 0 Å². The maximum atomic E-state index is 6.17. The van der Waals surface area contributed by atoms with Crippen molar-refractivity contribution in [1.82, 2.24) is 15.5 Å². The Kier molecular flexibility index (Phi) is 10.5. The normalized spacial score (nSPS) is 11.8. The summed E-state index contributed by atoms with van der Waals surface area (Å²) in [5, 5.41) is 7.45. The molecule has 0 fully saturated rings. The molecule has 5 heteroatoms. The van der Waals surface area contributed by atoms with Crippen LogP contribution in [0.3, 0.4) is 0 Å². The molecule has 1 rings (SSSR count). The first kappa shape index (κ1) is 19.8. The topological polar surface area (TPSA) is 39.7 Å². The predicted octanol–water partition coefficient (Wildman–Crippen LogP) is 3.52. The highest BCUT2D eigenvalue weighted by Gasteiger charge is 2.01. The molecule has 0 heterocycles. The van der Waals surface area contributed by atoms with Crippen molar-refractivity contribution in [3.8, 4) is 0 Å². The van der Waals surface area contributed by atoms with Gasteiger partial charge in [0.25, 0.3) is 0 Å². The van der Waals surface area contributed by atoms with Gasteiger partial charge in [0.15, 0.2) is 5.96 Å². The summed E-state index contributed by atoms with van der Waals surface area (Å²) in [7, 11) is 0. The highest BCUT2D eigenvalue weighted by molar-refractivity contribution is 6.31. The Labute approximate surface area is 146 Å². The van der Waals surface area contributed by atoms with Gasteiger partial charge in [0, 0.05) is 18.1 Å². The number of halogens is 1. The van der Waals surface area contributed by atoms with Crippen LogP contribution in [0.5, 0.6) is 0 Å². The Morgan fingerprint density at radius 2 is 1.83 bits per heavy atom. The minimum atomic E-state index is 0.592. The van der Waals surface area contributed by atoms with E-state index in [9.17, 15) is 0 Å². The number of nitrogens with zero attached hydrogens (tertiary/aromatic N) is 2. The molecule has 0 atom stereocenters. The van der Waals surface area contributed by atoms with E-state index in [0.717, 1.165) is 49.1 Å². The van der Waals surface area contributed by atoms with Crippen molar-refractivity contribution in [2.45, 2.75) is 40.2 Å². The molecule has 4 nitrogen and oxygen atoms in total. The third-order valence-corrected chi connectivity index (χ3v) is 4.17. The van der Waals surface area contributed by atoms with Crippen LogP contribution in [-0.4, -0.2) is 43.6 Å². The van der Waals surface area contributed by atoms with Crippen molar-refractivity contribution in [3.05, 3.63) is 34.9 Å². The van der Waals surface area contributed by atoms with Crippen molar-refractivity contribution >= 4 is 17.6 Å². The first-order valence-corrected chi connectivity index (χ1v) is 9.06. The summed E-state index contributed by atoms with van der Waals surface area (Å²) in [5.41, 5.74) is 1.05. The minimum absolute atomic E-state index is 0.592. The molecule has 130 valence electrons. The quantitative estimate of drug-likeness (QED) is 0.389. The van der Waals surface area contributed by atoms with Gasteiger partial charge in [0.2, 0.25) is 0 Å². The molecule has 0 saturated heterocycles. The predicted molar refractivity (Wildman–Crippen MR) is 101 cm³/mol. The smallest absolute Gasteiger partial charge is 0.191 e. The molecule has 0 spiro atoms. The van der Waals surface area contributed by atoms with Crippen LogP contribution in [0.1, 0.15) is 39.2 Å². The Bertz CT molecular complexity index is 458. The summed E-state index contributed by atoms with van der Waals surface area (Å²) in [5.74, 6) is 0.857. The highest BCUT2D eigenvalue weighted by Crippen LogP contribution is 2.15. The van der Waals surface area contributed by atoms with Gasteiger partial charge < -0.3 is 15.5 Å². The molecule has 0 aliphatic rings. The standard InChI is InChI=1S/C18H31ClN4/c1-4-20-18(21-13-9-10-14-23(5-2)6-3)22-15-16-11-7-8-12-17(16)19/h7-8,11-12H,4-6,9-10,13-15H2,1-3H3,(H2,20,21,22). The van der Waals surface area contributed by atoms with Gasteiger partial charge >= 0.3 is 0 Å². The third kappa shape index (κ3) is 8.24. The molecule has 23 heavy (non-hydrogen) atoms. The summed E-state index contributed by atoms with van der Waals surface area (Å²) in [6.45, 7) is 12.3. The first-order valence-electron chi connectivity index (χ1n) is 8.69. The second-order valence-electron chi connectivity index (χ2n) is 5.45. The zero-order chi connectivity index (χ0) is 16.9. The summed E-state index contributed by atoms with van der Waals surface area (Å²) in [4.78, 5) is 7.06. The fourth-order valence-electron chi connectivity index (χ4n) is 2.34. The monoisotopic (exact) mass is 338 g/mol. The van der Waals surface area contributed by atoms with Crippen molar-refractivity contribution in [3.63, 3.8) is 0 Å². The molecular weight excluding hydrogens is 308 g/mol. The average Bonchev–Trinajstić information content (AvgIpc) is 2.57. The van der Waals surface area contributed by atoms with Gasteiger partial charge in [-0.25, -0.2) is 4.99 Å². The highest BCUT2D eigenvalue weighted by atomic mass is 35.5. The number of aliphatic imine (C=N–C) groups is 1. The number of rotatable bonds is 10. The fourth-order valence-corrected chi connectivity index (χ4v) is 2.54. The molecule has 0 aliphatic carbocycles. The van der Waals surface area contributed by atoms with Crippen LogP contribution in [0.4, 0.5) is 0 Å². The zero-order valence-electron chi connectivity index (χ0n) is 14.7. The molecule has 2 N–H and O–H groups in total. The van der Waals surface area contributed by atoms with Crippen molar-refractivity contribution in [1.29, 1.82) is 0 Å². The molecule has 0 radical (unpaired) electrons. The molecule has 0 aliphatic heterocycles. The number of hydrogen-bond donors (Lipinski definition) is 2. The lowest BCUT2D eigenvalue weighted by Crippen LogP contribution is -2.38. The Morgan fingerprint density at radius 1 is 1.09 bits per heavy atom. The molecule has 1 aromatic rings. The van der Waals surface area contributed by atoms with E-state index in [1.54, 1.807) is 0 Å². The van der Waals surface area contributed by atoms with E-state index >= 15 is 0 Å². The lowest BCUT2D eigenvalue weighted by atomic mass is 10.2. The van der Waals surface area contributed by atoms with Crippen molar-refractivity contribution < 1.29 is 0 Å². The Hall–Kier alpha value is -1.26. The second kappa shape index (κ2) is 12.2. The summed E-state index contributed by atoms with van der Waals surface area (Å²) >= 11 is 6.17. The largest absolute Gasteiger partial charge is 0.357 e. The van der Waals surface area contributed by atoms with Crippen LogP contribution < -0.4 is 10.6 Å². The van der Waals surface area contributed by atoms with Gasteiger partial charge in [-0.2, -0.15) is 0 Å². The third-order valence-electron chi connectivity index (χ3n) is 3.80. The van der Waals surface area contributed by atoms with Crippen LogP contribution in [0.2, 0.25) is 5.02 Å². The number of hydrogen-bond acceptors (Lipinski definition) is 2.